The fraction of sp³-hybridized carbons (Fsp3) is 0.571. The Hall–Kier alpha value is -1.33. The molecule has 104 valence electrons. The molecule has 19 heavy (non-hydrogen) atoms. The van der Waals surface area contributed by atoms with Gasteiger partial charge in [-0.25, -0.2) is 4.39 Å². The second kappa shape index (κ2) is 5.35. The minimum absolute atomic E-state index is 0.0368. The first kappa shape index (κ1) is 12.7. The van der Waals surface area contributed by atoms with Crippen molar-refractivity contribution >= 4 is 11.4 Å². The third kappa shape index (κ3) is 2.67. The first-order valence-electron chi connectivity index (χ1n) is 6.77. The zero-order valence-corrected chi connectivity index (χ0v) is 10.8. The van der Waals surface area contributed by atoms with Gasteiger partial charge in [0.1, 0.15) is 5.82 Å². The van der Waals surface area contributed by atoms with Crippen molar-refractivity contribution in [2.75, 3.05) is 36.9 Å². The van der Waals surface area contributed by atoms with Crippen molar-refractivity contribution in [1.29, 1.82) is 0 Å². The molecule has 2 aliphatic rings. The minimum atomic E-state index is -0.345. The molecule has 0 radical (unpaired) electrons. The first-order valence-corrected chi connectivity index (χ1v) is 6.77. The van der Waals surface area contributed by atoms with Gasteiger partial charge in [-0.2, -0.15) is 0 Å². The first-order chi connectivity index (χ1) is 9.24. The predicted molar refractivity (Wildman–Crippen MR) is 71.4 cm³/mol. The van der Waals surface area contributed by atoms with E-state index in [2.05, 4.69) is 4.90 Å². The standard InChI is InChI=1S/C14H19FN2O2/c15-12-9-11(1-2-13(12)16)17-5-3-10(4-6-17)14-18-7-8-19-14/h1-2,9-10,14H,3-8,16H2. The highest BCUT2D eigenvalue weighted by atomic mass is 19.1. The number of nitrogen functional groups attached to an aromatic ring is 1. The van der Waals surface area contributed by atoms with Gasteiger partial charge in [-0.1, -0.05) is 0 Å². The second-order valence-electron chi connectivity index (χ2n) is 5.14. The van der Waals surface area contributed by atoms with Gasteiger partial charge in [0.2, 0.25) is 0 Å². The summed E-state index contributed by atoms with van der Waals surface area (Å²) in [5.41, 5.74) is 6.60. The molecule has 0 unspecified atom stereocenters. The average Bonchev–Trinajstić information content (AvgIpc) is 2.96. The lowest BCUT2D eigenvalue weighted by Crippen LogP contribution is -2.38. The number of benzene rings is 1. The van der Waals surface area contributed by atoms with Gasteiger partial charge in [0.25, 0.3) is 0 Å². The number of hydrogen-bond donors (Lipinski definition) is 1. The van der Waals surface area contributed by atoms with E-state index in [0.717, 1.165) is 31.6 Å². The van der Waals surface area contributed by atoms with Crippen LogP contribution < -0.4 is 10.6 Å². The summed E-state index contributed by atoms with van der Waals surface area (Å²) < 4.78 is 24.6. The molecule has 0 amide bonds. The third-order valence-corrected chi connectivity index (χ3v) is 3.92. The van der Waals surface area contributed by atoms with Crippen molar-refractivity contribution < 1.29 is 13.9 Å². The SMILES string of the molecule is Nc1ccc(N2CCC(C3OCCO3)CC2)cc1F. The van der Waals surface area contributed by atoms with Gasteiger partial charge in [-0.3, -0.25) is 0 Å². The summed E-state index contributed by atoms with van der Waals surface area (Å²) in [5, 5.41) is 0. The molecule has 2 N–H and O–H groups in total. The molecule has 0 saturated carbocycles. The number of ether oxygens (including phenoxy) is 2. The van der Waals surface area contributed by atoms with Crippen molar-refractivity contribution in [3.8, 4) is 0 Å². The summed E-state index contributed by atoms with van der Waals surface area (Å²) in [7, 11) is 0. The largest absolute Gasteiger partial charge is 0.396 e. The Labute approximate surface area is 112 Å². The van der Waals surface area contributed by atoms with Gasteiger partial charge in [0.15, 0.2) is 6.29 Å². The van der Waals surface area contributed by atoms with Gasteiger partial charge in [-0.15, -0.1) is 0 Å². The fourth-order valence-electron chi connectivity index (χ4n) is 2.79. The number of rotatable bonds is 2. The van der Waals surface area contributed by atoms with E-state index in [1.54, 1.807) is 6.07 Å². The molecule has 1 aromatic carbocycles. The summed E-state index contributed by atoms with van der Waals surface area (Å²) in [6.45, 7) is 3.20. The Morgan fingerprint density at radius 1 is 1.16 bits per heavy atom. The van der Waals surface area contributed by atoms with Crippen LogP contribution in [0.5, 0.6) is 0 Å². The van der Waals surface area contributed by atoms with E-state index in [9.17, 15) is 4.39 Å². The van der Waals surface area contributed by atoms with Crippen LogP contribution in [-0.4, -0.2) is 32.6 Å². The molecule has 0 aliphatic carbocycles. The quantitative estimate of drug-likeness (QED) is 0.832. The molecule has 0 atom stereocenters. The zero-order valence-electron chi connectivity index (χ0n) is 10.8. The highest BCUT2D eigenvalue weighted by molar-refractivity contribution is 5.54. The highest BCUT2D eigenvalue weighted by Gasteiger charge is 2.30. The van der Waals surface area contributed by atoms with Crippen LogP contribution in [0.4, 0.5) is 15.8 Å². The maximum Gasteiger partial charge on any atom is 0.160 e. The summed E-state index contributed by atoms with van der Waals surface area (Å²) in [6, 6.07) is 5.01. The Balaban J connectivity index is 1.61. The predicted octanol–water partition coefficient (Wildman–Crippen LogP) is 2.00. The van der Waals surface area contributed by atoms with E-state index < -0.39 is 0 Å². The summed E-state index contributed by atoms with van der Waals surface area (Å²) >= 11 is 0. The van der Waals surface area contributed by atoms with Crippen LogP contribution in [0.2, 0.25) is 0 Å². The minimum Gasteiger partial charge on any atom is -0.396 e. The fourth-order valence-corrected chi connectivity index (χ4v) is 2.79. The van der Waals surface area contributed by atoms with Crippen LogP contribution in [0.1, 0.15) is 12.8 Å². The summed E-state index contributed by atoms with van der Waals surface area (Å²) in [6.07, 6.45) is 1.98. The van der Waals surface area contributed by atoms with Crippen molar-refractivity contribution in [3.05, 3.63) is 24.0 Å². The molecule has 5 heteroatoms. The maximum atomic E-state index is 13.5. The third-order valence-electron chi connectivity index (χ3n) is 3.92. The van der Waals surface area contributed by atoms with Gasteiger partial charge in [0.05, 0.1) is 18.9 Å². The number of nitrogens with zero attached hydrogens (tertiary/aromatic N) is 1. The van der Waals surface area contributed by atoms with Crippen LogP contribution in [0, 0.1) is 11.7 Å². The lowest BCUT2D eigenvalue weighted by atomic mass is 9.96. The van der Waals surface area contributed by atoms with E-state index in [0.29, 0.717) is 19.1 Å². The average molecular weight is 266 g/mol. The van der Waals surface area contributed by atoms with E-state index in [-0.39, 0.29) is 17.8 Å². The van der Waals surface area contributed by atoms with E-state index >= 15 is 0 Å². The molecule has 0 aromatic heterocycles. The Bertz CT molecular complexity index is 441. The number of piperidine rings is 1. The number of hydrogen-bond acceptors (Lipinski definition) is 4. The molecule has 2 aliphatic heterocycles. The van der Waals surface area contributed by atoms with Crippen molar-refractivity contribution in [3.63, 3.8) is 0 Å². The molecule has 4 nitrogen and oxygen atoms in total. The van der Waals surface area contributed by atoms with Gasteiger partial charge >= 0.3 is 0 Å². The number of nitrogens with two attached hydrogens (primary N) is 1. The molecule has 0 bridgehead atoms. The zero-order chi connectivity index (χ0) is 13.2. The Kier molecular flexibility index (Phi) is 3.57. The van der Waals surface area contributed by atoms with Crippen LogP contribution in [0.25, 0.3) is 0 Å². The van der Waals surface area contributed by atoms with Crippen molar-refractivity contribution in [1.82, 2.24) is 0 Å². The van der Waals surface area contributed by atoms with Crippen molar-refractivity contribution in [2.45, 2.75) is 19.1 Å². The van der Waals surface area contributed by atoms with Gasteiger partial charge < -0.3 is 20.1 Å². The highest BCUT2D eigenvalue weighted by Crippen LogP contribution is 2.29. The van der Waals surface area contributed by atoms with Crippen LogP contribution in [0.15, 0.2) is 18.2 Å². The normalized spacial score (nSPS) is 22.1. The Morgan fingerprint density at radius 2 is 1.84 bits per heavy atom. The summed E-state index contributed by atoms with van der Waals surface area (Å²) in [4.78, 5) is 2.19. The van der Waals surface area contributed by atoms with E-state index in [4.69, 9.17) is 15.2 Å². The summed E-state index contributed by atoms with van der Waals surface area (Å²) in [5.74, 6) is 0.111. The van der Waals surface area contributed by atoms with Crippen LogP contribution in [-0.2, 0) is 9.47 Å². The van der Waals surface area contributed by atoms with Crippen LogP contribution in [0.3, 0.4) is 0 Å². The molecule has 2 fully saturated rings. The van der Waals surface area contributed by atoms with Crippen LogP contribution >= 0.6 is 0 Å². The maximum absolute atomic E-state index is 13.5. The topological polar surface area (TPSA) is 47.7 Å². The molecule has 0 spiro atoms. The number of halogens is 1. The molecule has 3 rings (SSSR count). The monoisotopic (exact) mass is 266 g/mol. The second-order valence-corrected chi connectivity index (χ2v) is 5.14. The van der Waals surface area contributed by atoms with Crippen molar-refractivity contribution in [2.24, 2.45) is 5.92 Å². The smallest absolute Gasteiger partial charge is 0.160 e. The van der Waals surface area contributed by atoms with E-state index in [1.807, 2.05) is 6.07 Å². The Morgan fingerprint density at radius 3 is 2.47 bits per heavy atom. The van der Waals surface area contributed by atoms with Gasteiger partial charge in [-0.05, 0) is 31.0 Å². The molecule has 1 aromatic rings. The molecular formula is C14H19FN2O2. The molecule has 2 saturated heterocycles. The molecular weight excluding hydrogens is 247 g/mol. The van der Waals surface area contributed by atoms with E-state index in [1.165, 1.54) is 6.07 Å². The molecule has 2 heterocycles. The lowest BCUT2D eigenvalue weighted by Gasteiger charge is -2.35. The lowest BCUT2D eigenvalue weighted by molar-refractivity contribution is -0.0889. The van der Waals surface area contributed by atoms with Gasteiger partial charge in [0, 0.05) is 24.7 Å². The number of anilines is 2.